The van der Waals surface area contributed by atoms with Gasteiger partial charge in [-0.25, -0.2) is 0 Å². The monoisotopic (exact) mass is 193 g/mol. The molecular formula is C12H19NO. The molecule has 0 aliphatic rings. The van der Waals surface area contributed by atoms with Crippen LogP contribution in [0.15, 0.2) is 18.2 Å². The van der Waals surface area contributed by atoms with Crippen LogP contribution in [0, 0.1) is 6.92 Å². The number of hydrogen-bond donors (Lipinski definition) is 1. The van der Waals surface area contributed by atoms with Gasteiger partial charge < -0.3 is 10.1 Å². The van der Waals surface area contributed by atoms with Crippen molar-refractivity contribution in [3.05, 3.63) is 29.3 Å². The quantitative estimate of drug-likeness (QED) is 0.723. The van der Waals surface area contributed by atoms with E-state index in [1.807, 2.05) is 0 Å². The van der Waals surface area contributed by atoms with Crippen molar-refractivity contribution < 1.29 is 4.74 Å². The predicted molar refractivity (Wildman–Crippen MR) is 60.0 cm³/mol. The highest BCUT2D eigenvalue weighted by atomic mass is 16.5. The molecule has 1 aromatic rings. The third-order valence-electron chi connectivity index (χ3n) is 2.31. The summed E-state index contributed by atoms with van der Waals surface area (Å²) in [5.74, 6) is 0.985. The summed E-state index contributed by atoms with van der Waals surface area (Å²) in [6, 6.07) is 6.39. The summed E-state index contributed by atoms with van der Waals surface area (Å²) >= 11 is 0. The molecule has 0 aliphatic heterocycles. The van der Waals surface area contributed by atoms with Gasteiger partial charge in [0, 0.05) is 0 Å². The molecule has 0 spiro atoms. The van der Waals surface area contributed by atoms with E-state index in [9.17, 15) is 0 Å². The zero-order valence-electron chi connectivity index (χ0n) is 9.26. The molecule has 0 saturated carbocycles. The van der Waals surface area contributed by atoms with Gasteiger partial charge in [-0.3, -0.25) is 0 Å². The van der Waals surface area contributed by atoms with Crippen LogP contribution >= 0.6 is 0 Å². The number of ether oxygens (including phenoxy) is 1. The Morgan fingerprint density at radius 3 is 2.79 bits per heavy atom. The minimum atomic E-state index is 0.985. The zero-order valence-corrected chi connectivity index (χ0v) is 9.26. The van der Waals surface area contributed by atoms with Crippen molar-refractivity contribution in [3.63, 3.8) is 0 Å². The SMILES string of the molecule is CCNCCc1ccc(C)c(OC)c1. The lowest BCUT2D eigenvalue weighted by Gasteiger charge is -2.07. The Balaban J connectivity index is 2.60. The molecule has 0 aliphatic carbocycles. The minimum absolute atomic E-state index is 0.985. The van der Waals surface area contributed by atoms with Gasteiger partial charge in [0.25, 0.3) is 0 Å². The summed E-state index contributed by atoms with van der Waals surface area (Å²) < 4.78 is 5.27. The van der Waals surface area contributed by atoms with Crippen molar-refractivity contribution in [3.8, 4) is 5.75 Å². The van der Waals surface area contributed by atoms with Gasteiger partial charge in [0.1, 0.15) is 5.75 Å². The van der Waals surface area contributed by atoms with Gasteiger partial charge in [-0.05, 0) is 43.6 Å². The third kappa shape index (κ3) is 3.04. The Hall–Kier alpha value is -1.02. The van der Waals surface area contributed by atoms with Gasteiger partial charge in [0.2, 0.25) is 0 Å². The van der Waals surface area contributed by atoms with Crippen molar-refractivity contribution in [2.24, 2.45) is 0 Å². The number of methoxy groups -OCH3 is 1. The smallest absolute Gasteiger partial charge is 0.122 e. The largest absolute Gasteiger partial charge is 0.496 e. The first-order valence-corrected chi connectivity index (χ1v) is 5.12. The number of likely N-dealkylation sites (N-methyl/N-ethyl adjacent to an activating group) is 1. The molecule has 2 nitrogen and oxygen atoms in total. The Morgan fingerprint density at radius 1 is 1.36 bits per heavy atom. The lowest BCUT2D eigenvalue weighted by Crippen LogP contribution is -2.16. The molecule has 2 heteroatoms. The summed E-state index contributed by atoms with van der Waals surface area (Å²) in [6.45, 7) is 6.24. The van der Waals surface area contributed by atoms with Crippen LogP contribution in [-0.4, -0.2) is 20.2 Å². The second-order valence-corrected chi connectivity index (χ2v) is 3.41. The van der Waals surface area contributed by atoms with E-state index in [2.05, 4.69) is 37.4 Å². The Morgan fingerprint density at radius 2 is 2.14 bits per heavy atom. The molecule has 0 fully saturated rings. The van der Waals surface area contributed by atoms with Crippen LogP contribution in [0.4, 0.5) is 0 Å². The summed E-state index contributed by atoms with van der Waals surface area (Å²) in [5, 5.41) is 3.31. The number of benzene rings is 1. The van der Waals surface area contributed by atoms with Gasteiger partial charge in [-0.2, -0.15) is 0 Å². The van der Waals surface area contributed by atoms with E-state index in [1.54, 1.807) is 7.11 Å². The van der Waals surface area contributed by atoms with Crippen molar-refractivity contribution in [1.82, 2.24) is 5.32 Å². The van der Waals surface area contributed by atoms with Gasteiger partial charge in [0.05, 0.1) is 7.11 Å². The highest BCUT2D eigenvalue weighted by molar-refractivity contribution is 5.36. The molecule has 14 heavy (non-hydrogen) atoms. The van der Waals surface area contributed by atoms with Crippen LogP contribution < -0.4 is 10.1 Å². The average Bonchev–Trinajstić information content (AvgIpc) is 2.21. The van der Waals surface area contributed by atoms with Crippen LogP contribution in [0.5, 0.6) is 5.75 Å². The van der Waals surface area contributed by atoms with Crippen molar-refractivity contribution in [2.45, 2.75) is 20.3 Å². The maximum absolute atomic E-state index is 5.27. The van der Waals surface area contributed by atoms with Crippen molar-refractivity contribution in [2.75, 3.05) is 20.2 Å². The van der Waals surface area contributed by atoms with Crippen LogP contribution in [0.1, 0.15) is 18.1 Å². The standard InChI is InChI=1S/C12H19NO/c1-4-13-8-7-11-6-5-10(2)12(9-11)14-3/h5-6,9,13H,4,7-8H2,1-3H3. The average molecular weight is 193 g/mol. The van der Waals surface area contributed by atoms with Gasteiger partial charge in [-0.1, -0.05) is 19.1 Å². The van der Waals surface area contributed by atoms with Gasteiger partial charge in [-0.15, -0.1) is 0 Å². The molecule has 0 radical (unpaired) electrons. The zero-order chi connectivity index (χ0) is 10.4. The number of rotatable bonds is 5. The minimum Gasteiger partial charge on any atom is -0.496 e. The Labute approximate surface area is 86.3 Å². The van der Waals surface area contributed by atoms with Crippen molar-refractivity contribution in [1.29, 1.82) is 0 Å². The fourth-order valence-electron chi connectivity index (χ4n) is 1.43. The summed E-state index contributed by atoms with van der Waals surface area (Å²) in [5.41, 5.74) is 2.52. The summed E-state index contributed by atoms with van der Waals surface area (Å²) in [4.78, 5) is 0. The maximum Gasteiger partial charge on any atom is 0.122 e. The van der Waals surface area contributed by atoms with Crippen LogP contribution in [-0.2, 0) is 6.42 Å². The predicted octanol–water partition coefficient (Wildman–Crippen LogP) is 2.16. The highest BCUT2D eigenvalue weighted by Gasteiger charge is 1.99. The van der Waals surface area contributed by atoms with Gasteiger partial charge in [0.15, 0.2) is 0 Å². The fourth-order valence-corrected chi connectivity index (χ4v) is 1.43. The molecule has 0 heterocycles. The molecule has 1 rings (SSSR count). The maximum atomic E-state index is 5.27. The molecule has 0 atom stereocenters. The van der Waals surface area contributed by atoms with E-state index in [0.29, 0.717) is 0 Å². The van der Waals surface area contributed by atoms with Crippen molar-refractivity contribution >= 4 is 0 Å². The van der Waals surface area contributed by atoms with Gasteiger partial charge >= 0.3 is 0 Å². The van der Waals surface area contributed by atoms with Crippen LogP contribution in [0.2, 0.25) is 0 Å². The molecule has 0 unspecified atom stereocenters. The third-order valence-corrected chi connectivity index (χ3v) is 2.31. The van der Waals surface area contributed by atoms with E-state index < -0.39 is 0 Å². The first-order chi connectivity index (χ1) is 6.77. The lowest BCUT2D eigenvalue weighted by atomic mass is 10.1. The molecular weight excluding hydrogens is 174 g/mol. The first kappa shape index (κ1) is 11.1. The molecule has 0 amide bonds. The Kier molecular flexibility index (Phi) is 4.47. The molecule has 1 aromatic carbocycles. The van der Waals surface area contributed by atoms with E-state index in [4.69, 9.17) is 4.74 Å². The van der Waals surface area contributed by atoms with E-state index >= 15 is 0 Å². The number of hydrogen-bond acceptors (Lipinski definition) is 2. The molecule has 0 bridgehead atoms. The molecule has 0 aromatic heterocycles. The second kappa shape index (κ2) is 5.66. The highest BCUT2D eigenvalue weighted by Crippen LogP contribution is 2.18. The first-order valence-electron chi connectivity index (χ1n) is 5.12. The Bertz CT molecular complexity index is 284. The molecule has 78 valence electrons. The normalized spacial score (nSPS) is 10.2. The second-order valence-electron chi connectivity index (χ2n) is 3.41. The van der Waals surface area contributed by atoms with Crippen LogP contribution in [0.3, 0.4) is 0 Å². The number of nitrogens with one attached hydrogen (secondary N) is 1. The van der Waals surface area contributed by atoms with E-state index in [0.717, 1.165) is 25.3 Å². The summed E-state index contributed by atoms with van der Waals surface area (Å²) in [7, 11) is 1.72. The van der Waals surface area contributed by atoms with E-state index in [1.165, 1.54) is 11.1 Å². The lowest BCUT2D eigenvalue weighted by molar-refractivity contribution is 0.411. The topological polar surface area (TPSA) is 21.3 Å². The van der Waals surface area contributed by atoms with Crippen LogP contribution in [0.25, 0.3) is 0 Å². The van der Waals surface area contributed by atoms with E-state index in [-0.39, 0.29) is 0 Å². The molecule has 1 N–H and O–H groups in total. The summed E-state index contributed by atoms with van der Waals surface area (Å²) in [6.07, 6.45) is 1.06. The number of aryl methyl sites for hydroxylation is 1. The fraction of sp³-hybridized carbons (Fsp3) is 0.500. The molecule has 0 saturated heterocycles.